The van der Waals surface area contributed by atoms with E-state index in [1.165, 1.54) is 10.5 Å². The predicted octanol–water partition coefficient (Wildman–Crippen LogP) is 2.84. The molecule has 2 rings (SSSR count). The fourth-order valence-corrected chi connectivity index (χ4v) is 2.56. The monoisotopic (exact) mass is 257 g/mol. The quantitative estimate of drug-likeness (QED) is 0.897. The van der Waals surface area contributed by atoms with Gasteiger partial charge in [-0.3, -0.25) is 0 Å². The minimum absolute atomic E-state index is 0. The summed E-state index contributed by atoms with van der Waals surface area (Å²) in [5.41, 5.74) is 1.33. The lowest BCUT2D eigenvalue weighted by molar-refractivity contribution is 0.301. The van der Waals surface area contributed by atoms with Crippen LogP contribution < -0.4 is 0 Å². The summed E-state index contributed by atoms with van der Waals surface area (Å²) in [5.74, 6) is 1.00. The van der Waals surface area contributed by atoms with E-state index in [1.54, 1.807) is 0 Å². The molecule has 1 aliphatic rings. The number of benzene rings is 1. The fraction of sp³-hybridized carbons (Fsp3) is 0.333. The van der Waals surface area contributed by atoms with E-state index in [-0.39, 0.29) is 19.0 Å². The topological polar surface area (TPSA) is 23.5 Å². The van der Waals surface area contributed by atoms with Crippen molar-refractivity contribution in [2.75, 3.05) is 12.5 Å². The van der Waals surface area contributed by atoms with Crippen LogP contribution in [-0.4, -0.2) is 22.5 Å². The molecule has 1 heterocycles. The van der Waals surface area contributed by atoms with Crippen molar-refractivity contribution in [2.24, 2.45) is 0 Å². The molecule has 0 atom stereocenters. The molecular weight excluding hydrogens is 242 g/mol. The largest absolute Gasteiger partial charge is 0.396 e. The zero-order valence-corrected chi connectivity index (χ0v) is 10.6. The molecule has 1 N–H and O–H groups in total. The van der Waals surface area contributed by atoms with E-state index in [4.69, 9.17) is 5.11 Å². The Labute approximate surface area is 107 Å². The van der Waals surface area contributed by atoms with Crippen molar-refractivity contribution in [3.63, 3.8) is 0 Å². The maximum atomic E-state index is 8.83. The van der Waals surface area contributed by atoms with Crippen LogP contribution in [0.2, 0.25) is 0 Å². The highest BCUT2D eigenvalue weighted by molar-refractivity contribution is 8.03. The second-order valence-electron chi connectivity index (χ2n) is 3.57. The molecule has 0 unspecified atom stereocenters. The third-order valence-corrected chi connectivity index (χ3v) is 3.47. The van der Waals surface area contributed by atoms with E-state index in [9.17, 15) is 0 Å². The summed E-state index contributed by atoms with van der Waals surface area (Å²) in [6, 6.07) is 10.5. The van der Waals surface area contributed by atoms with E-state index >= 15 is 0 Å². The van der Waals surface area contributed by atoms with Gasteiger partial charge in [0.25, 0.3) is 0 Å². The van der Waals surface area contributed by atoms with E-state index in [1.807, 2.05) is 17.8 Å². The number of halogens is 1. The van der Waals surface area contributed by atoms with Gasteiger partial charge >= 0.3 is 0 Å². The Bertz CT molecular complexity index is 342. The minimum atomic E-state index is 0. The Balaban J connectivity index is 0.00000128. The normalized spacial score (nSPS) is 14.6. The van der Waals surface area contributed by atoms with Crippen LogP contribution >= 0.6 is 24.2 Å². The van der Waals surface area contributed by atoms with Crippen molar-refractivity contribution in [3.8, 4) is 0 Å². The highest BCUT2D eigenvalue weighted by Gasteiger charge is 2.12. The molecule has 0 aliphatic carbocycles. The van der Waals surface area contributed by atoms with Gasteiger partial charge in [0, 0.05) is 30.7 Å². The molecular formula is C12H16ClNOS. The second kappa shape index (κ2) is 6.84. The maximum Gasteiger partial charge on any atom is 0.0681 e. The first-order valence-corrected chi connectivity index (χ1v) is 6.09. The van der Waals surface area contributed by atoms with Gasteiger partial charge in [-0.2, -0.15) is 0 Å². The number of hydrogen-bond donors (Lipinski definition) is 1. The summed E-state index contributed by atoms with van der Waals surface area (Å²) in [7, 11) is 0. The number of thioether (sulfide) groups is 1. The number of rotatable bonds is 4. The lowest BCUT2D eigenvalue weighted by Gasteiger charge is -2.13. The van der Waals surface area contributed by atoms with E-state index in [0.29, 0.717) is 0 Å². The van der Waals surface area contributed by atoms with Crippen molar-refractivity contribution in [2.45, 2.75) is 13.0 Å². The lowest BCUT2D eigenvalue weighted by Crippen LogP contribution is -2.12. The van der Waals surface area contributed by atoms with Crippen molar-refractivity contribution in [1.82, 2.24) is 4.90 Å². The number of hydrogen-bond acceptors (Lipinski definition) is 3. The Hall–Kier alpha value is -0.640. The molecule has 0 saturated carbocycles. The molecule has 0 saturated heterocycles. The minimum Gasteiger partial charge on any atom is -0.396 e. The first kappa shape index (κ1) is 13.4. The van der Waals surface area contributed by atoms with Gasteiger partial charge in [-0.1, -0.05) is 30.3 Å². The van der Waals surface area contributed by atoms with E-state index in [0.717, 1.165) is 18.8 Å². The van der Waals surface area contributed by atoms with Crippen molar-refractivity contribution in [1.29, 1.82) is 0 Å². The molecule has 1 aliphatic heterocycles. The van der Waals surface area contributed by atoms with Gasteiger partial charge in [0.15, 0.2) is 0 Å². The molecule has 4 heteroatoms. The van der Waals surface area contributed by atoms with Crippen LogP contribution in [0.4, 0.5) is 0 Å². The van der Waals surface area contributed by atoms with Crippen molar-refractivity contribution in [3.05, 3.63) is 47.0 Å². The number of nitrogens with zero attached hydrogens (tertiary/aromatic N) is 1. The van der Waals surface area contributed by atoms with Crippen molar-refractivity contribution >= 4 is 24.2 Å². The molecule has 0 aromatic heterocycles. The molecule has 88 valence electrons. The van der Waals surface area contributed by atoms with E-state index in [2.05, 4.69) is 35.4 Å². The van der Waals surface area contributed by atoms with Gasteiger partial charge in [-0.05, 0) is 5.56 Å². The highest BCUT2D eigenvalue weighted by atomic mass is 35.5. The zero-order chi connectivity index (χ0) is 10.5. The first-order valence-electron chi connectivity index (χ1n) is 5.11. The first-order chi connectivity index (χ1) is 7.38. The molecule has 1 aromatic rings. The van der Waals surface area contributed by atoms with Gasteiger partial charge in [-0.25, -0.2) is 0 Å². The fourth-order valence-electron chi connectivity index (χ4n) is 1.60. The van der Waals surface area contributed by atoms with Crippen LogP contribution in [0, 0.1) is 0 Å². The Kier molecular flexibility index (Phi) is 5.74. The average Bonchev–Trinajstić information content (AvgIpc) is 2.68. The summed E-state index contributed by atoms with van der Waals surface area (Å²) in [4.78, 5) is 3.57. The number of aliphatic hydroxyl groups excluding tert-OH is 1. The molecule has 0 fully saturated rings. The highest BCUT2D eigenvalue weighted by Crippen LogP contribution is 2.28. The van der Waals surface area contributed by atoms with Crippen LogP contribution in [0.15, 0.2) is 41.4 Å². The van der Waals surface area contributed by atoms with Gasteiger partial charge in [-0.15, -0.1) is 24.2 Å². The average molecular weight is 258 g/mol. The van der Waals surface area contributed by atoms with Crippen LogP contribution in [0.25, 0.3) is 0 Å². The zero-order valence-electron chi connectivity index (χ0n) is 9.00. The van der Waals surface area contributed by atoms with Gasteiger partial charge < -0.3 is 10.0 Å². The molecule has 16 heavy (non-hydrogen) atoms. The summed E-state index contributed by atoms with van der Waals surface area (Å²) >= 11 is 1.82. The SMILES string of the molecule is Cl.OCCC1=CN(Cc2ccccc2)CS1. The summed E-state index contributed by atoms with van der Waals surface area (Å²) in [5, 5.41) is 8.83. The molecule has 0 bridgehead atoms. The standard InChI is InChI=1S/C12H15NOS.ClH/c14-7-6-12-9-13(10-15-12)8-11-4-2-1-3-5-11;/h1-5,9,14H,6-8,10H2;1H. The molecule has 2 nitrogen and oxygen atoms in total. The summed E-state index contributed by atoms with van der Waals surface area (Å²) in [6.45, 7) is 1.21. The molecule has 0 amide bonds. The van der Waals surface area contributed by atoms with Crippen LogP contribution in [0.5, 0.6) is 0 Å². The van der Waals surface area contributed by atoms with Gasteiger partial charge in [0.1, 0.15) is 0 Å². The van der Waals surface area contributed by atoms with E-state index < -0.39 is 0 Å². The smallest absolute Gasteiger partial charge is 0.0681 e. The van der Waals surface area contributed by atoms with Gasteiger partial charge in [0.05, 0.1) is 5.88 Å². The Morgan fingerprint density at radius 3 is 2.69 bits per heavy atom. The molecule has 1 aromatic carbocycles. The molecule has 0 radical (unpaired) electrons. The Morgan fingerprint density at radius 2 is 2.00 bits per heavy atom. The Morgan fingerprint density at radius 1 is 1.25 bits per heavy atom. The third kappa shape index (κ3) is 3.74. The van der Waals surface area contributed by atoms with Crippen molar-refractivity contribution < 1.29 is 5.11 Å². The second-order valence-corrected chi connectivity index (χ2v) is 4.65. The van der Waals surface area contributed by atoms with Crippen LogP contribution in [0.3, 0.4) is 0 Å². The maximum absolute atomic E-state index is 8.83. The predicted molar refractivity (Wildman–Crippen MR) is 71.5 cm³/mol. The van der Waals surface area contributed by atoms with Gasteiger partial charge in [0.2, 0.25) is 0 Å². The lowest BCUT2D eigenvalue weighted by atomic mass is 10.2. The third-order valence-electron chi connectivity index (χ3n) is 2.33. The summed E-state index contributed by atoms with van der Waals surface area (Å²) in [6.07, 6.45) is 2.95. The number of aliphatic hydroxyl groups is 1. The van der Waals surface area contributed by atoms with Crippen LogP contribution in [0.1, 0.15) is 12.0 Å². The summed E-state index contributed by atoms with van der Waals surface area (Å²) < 4.78 is 0. The van der Waals surface area contributed by atoms with Crippen LogP contribution in [-0.2, 0) is 6.54 Å². The molecule has 0 spiro atoms.